The molecule has 0 unspecified atom stereocenters. The van der Waals surface area contributed by atoms with Crippen molar-refractivity contribution in [1.82, 2.24) is 4.98 Å². The second-order valence-electron chi connectivity index (χ2n) is 2.30. The molecule has 0 aliphatic rings. The van der Waals surface area contributed by atoms with Crippen LogP contribution >= 0.6 is 0 Å². The van der Waals surface area contributed by atoms with Gasteiger partial charge in [0, 0.05) is 6.20 Å². The summed E-state index contributed by atoms with van der Waals surface area (Å²) in [5, 5.41) is 0. The Bertz CT molecular complexity index is 265. The number of nitrogens with one attached hydrogen (secondary N) is 1. The van der Waals surface area contributed by atoms with Crippen LogP contribution in [0.5, 0.6) is 0 Å². The molecule has 68 valence electrons. The molecule has 0 spiro atoms. The molecule has 0 aliphatic heterocycles. The largest absolute Gasteiger partial charge is 0.407 e. The van der Waals surface area contributed by atoms with Crippen LogP contribution in [0, 0.1) is 5.95 Å². The van der Waals surface area contributed by atoms with Crippen molar-refractivity contribution in [1.29, 1.82) is 0 Å². The molecule has 0 aromatic carbocycles. The maximum Gasteiger partial charge on any atom is 0.407 e. The summed E-state index contributed by atoms with van der Waals surface area (Å²) < 4.78 is 47.8. The fourth-order valence-electron chi connectivity index (χ4n) is 0.750. The second-order valence-corrected chi connectivity index (χ2v) is 2.30. The van der Waals surface area contributed by atoms with Gasteiger partial charge in [0.25, 0.3) is 0 Å². The minimum atomic E-state index is -4.53. The van der Waals surface area contributed by atoms with Crippen LogP contribution < -0.4 is 5.73 Å². The lowest BCUT2D eigenvalue weighted by atomic mass is 10.1. The molecule has 2 nitrogen and oxygen atoms in total. The van der Waals surface area contributed by atoms with Gasteiger partial charge in [-0.3, -0.25) is 0 Å². The maximum absolute atomic E-state index is 12.2. The third-order valence-corrected chi connectivity index (χ3v) is 1.38. The van der Waals surface area contributed by atoms with E-state index in [0.29, 0.717) is 0 Å². The highest BCUT2D eigenvalue weighted by Gasteiger charge is 2.38. The molecule has 0 amide bonds. The first kappa shape index (κ1) is 9.05. The molecule has 6 heteroatoms. The van der Waals surface area contributed by atoms with Gasteiger partial charge in [-0.1, -0.05) is 0 Å². The van der Waals surface area contributed by atoms with Crippen molar-refractivity contribution in [3.8, 4) is 0 Å². The Labute approximate surface area is 65.4 Å². The summed E-state index contributed by atoms with van der Waals surface area (Å²) in [6.45, 7) is 0. The van der Waals surface area contributed by atoms with Crippen LogP contribution in [0.4, 0.5) is 17.6 Å². The summed E-state index contributed by atoms with van der Waals surface area (Å²) >= 11 is 0. The Morgan fingerprint density at radius 2 is 2.00 bits per heavy atom. The van der Waals surface area contributed by atoms with Gasteiger partial charge < -0.3 is 10.7 Å². The van der Waals surface area contributed by atoms with E-state index in [4.69, 9.17) is 5.73 Å². The van der Waals surface area contributed by atoms with Crippen molar-refractivity contribution in [2.45, 2.75) is 12.2 Å². The van der Waals surface area contributed by atoms with Gasteiger partial charge in [-0.05, 0) is 11.6 Å². The minimum absolute atomic E-state index is 0.306. The Morgan fingerprint density at radius 1 is 1.42 bits per heavy atom. The molecule has 12 heavy (non-hydrogen) atoms. The first-order valence-electron chi connectivity index (χ1n) is 3.07. The molecule has 0 saturated carbocycles. The highest BCUT2D eigenvalue weighted by atomic mass is 19.4. The SMILES string of the molecule is N[C@@H](c1c[nH]c(F)c1)C(F)(F)F. The maximum atomic E-state index is 12.2. The quantitative estimate of drug-likeness (QED) is 0.638. The van der Waals surface area contributed by atoms with Crippen molar-refractivity contribution < 1.29 is 17.6 Å². The third kappa shape index (κ3) is 1.76. The van der Waals surface area contributed by atoms with E-state index in [1.54, 1.807) is 0 Å². The number of hydrogen-bond acceptors (Lipinski definition) is 1. The summed E-state index contributed by atoms with van der Waals surface area (Å²) in [5.74, 6) is -0.829. The Balaban J connectivity index is 2.85. The molecule has 0 bridgehead atoms. The molecule has 0 radical (unpaired) electrons. The standard InChI is InChI=1S/C6H6F4N2/c7-4-1-3(2-12-4)5(11)6(8,9)10/h1-2,5,12H,11H2/t5-/m0/s1. The summed E-state index contributed by atoms with van der Waals surface area (Å²) in [4.78, 5) is 1.97. The third-order valence-electron chi connectivity index (χ3n) is 1.38. The van der Waals surface area contributed by atoms with Crippen molar-refractivity contribution in [2.24, 2.45) is 5.73 Å². The molecule has 1 aromatic rings. The van der Waals surface area contributed by atoms with E-state index in [-0.39, 0.29) is 5.56 Å². The molecular weight excluding hydrogens is 176 g/mol. The van der Waals surface area contributed by atoms with Crippen LogP contribution in [0.3, 0.4) is 0 Å². The zero-order valence-corrected chi connectivity index (χ0v) is 5.82. The lowest BCUT2D eigenvalue weighted by Crippen LogP contribution is -2.27. The summed E-state index contributed by atoms with van der Waals surface area (Å²) in [6.07, 6.45) is -3.64. The van der Waals surface area contributed by atoms with Gasteiger partial charge in [0.05, 0.1) is 0 Å². The Hall–Kier alpha value is -1.04. The van der Waals surface area contributed by atoms with E-state index in [1.807, 2.05) is 4.98 Å². The van der Waals surface area contributed by atoms with E-state index >= 15 is 0 Å². The highest BCUT2D eigenvalue weighted by Crippen LogP contribution is 2.30. The van der Waals surface area contributed by atoms with Crippen molar-refractivity contribution in [2.75, 3.05) is 0 Å². The van der Waals surface area contributed by atoms with Gasteiger partial charge >= 0.3 is 6.18 Å². The average Bonchev–Trinajstić information content (AvgIpc) is 2.32. The molecule has 0 saturated heterocycles. The van der Waals surface area contributed by atoms with Crippen molar-refractivity contribution in [3.63, 3.8) is 0 Å². The molecule has 1 aromatic heterocycles. The fraction of sp³-hybridized carbons (Fsp3) is 0.333. The van der Waals surface area contributed by atoms with Gasteiger partial charge in [-0.2, -0.15) is 17.6 Å². The van der Waals surface area contributed by atoms with Crippen LogP contribution in [0.25, 0.3) is 0 Å². The van der Waals surface area contributed by atoms with Gasteiger partial charge in [0.15, 0.2) is 5.95 Å². The van der Waals surface area contributed by atoms with Crippen LogP contribution in [-0.2, 0) is 0 Å². The van der Waals surface area contributed by atoms with Crippen LogP contribution in [0.1, 0.15) is 11.6 Å². The fourth-order valence-corrected chi connectivity index (χ4v) is 0.750. The van der Waals surface area contributed by atoms with E-state index < -0.39 is 18.2 Å². The molecule has 1 heterocycles. The number of H-pyrrole nitrogens is 1. The first-order chi connectivity index (χ1) is 5.41. The molecule has 0 aliphatic carbocycles. The lowest BCUT2D eigenvalue weighted by Gasteiger charge is -2.13. The topological polar surface area (TPSA) is 41.8 Å². The molecule has 1 atom stereocenters. The number of nitrogens with two attached hydrogens (primary N) is 1. The Kier molecular flexibility index (Phi) is 2.10. The van der Waals surface area contributed by atoms with Crippen LogP contribution in [0.15, 0.2) is 12.3 Å². The molecule has 1 rings (SSSR count). The normalized spacial score (nSPS) is 14.8. The number of hydrogen-bond donors (Lipinski definition) is 2. The highest BCUT2D eigenvalue weighted by molar-refractivity contribution is 5.16. The lowest BCUT2D eigenvalue weighted by molar-refractivity contribution is -0.149. The van der Waals surface area contributed by atoms with Gasteiger partial charge in [0.1, 0.15) is 6.04 Å². The summed E-state index contributed by atoms with van der Waals surface area (Å²) in [7, 11) is 0. The number of alkyl halides is 3. The molecular formula is C6H6F4N2. The molecule has 3 N–H and O–H groups in total. The van der Waals surface area contributed by atoms with Crippen molar-refractivity contribution >= 4 is 0 Å². The first-order valence-corrected chi connectivity index (χ1v) is 3.07. The van der Waals surface area contributed by atoms with Gasteiger partial charge in [-0.25, -0.2) is 0 Å². The van der Waals surface area contributed by atoms with Crippen LogP contribution in [-0.4, -0.2) is 11.2 Å². The summed E-state index contributed by atoms with van der Waals surface area (Å²) in [6, 6.07) is -1.41. The zero-order chi connectivity index (χ0) is 9.35. The Morgan fingerprint density at radius 3 is 2.33 bits per heavy atom. The average molecular weight is 182 g/mol. The van der Waals surface area contributed by atoms with E-state index in [0.717, 1.165) is 12.3 Å². The summed E-state index contributed by atoms with van der Waals surface area (Å²) in [5.41, 5.74) is 4.47. The van der Waals surface area contributed by atoms with E-state index in [1.165, 1.54) is 0 Å². The van der Waals surface area contributed by atoms with E-state index in [9.17, 15) is 17.6 Å². The monoisotopic (exact) mass is 182 g/mol. The minimum Gasteiger partial charge on any atom is -0.338 e. The predicted molar refractivity (Wildman–Crippen MR) is 33.7 cm³/mol. The zero-order valence-electron chi connectivity index (χ0n) is 5.82. The van der Waals surface area contributed by atoms with E-state index in [2.05, 4.69) is 0 Å². The number of aromatic amines is 1. The number of halogens is 4. The molecule has 0 fully saturated rings. The second kappa shape index (κ2) is 2.78. The van der Waals surface area contributed by atoms with Crippen LogP contribution in [0.2, 0.25) is 0 Å². The van der Waals surface area contributed by atoms with Crippen molar-refractivity contribution in [3.05, 3.63) is 23.8 Å². The number of aromatic nitrogens is 1. The van der Waals surface area contributed by atoms with Gasteiger partial charge in [0.2, 0.25) is 0 Å². The van der Waals surface area contributed by atoms with Gasteiger partial charge in [-0.15, -0.1) is 0 Å². The smallest absolute Gasteiger partial charge is 0.338 e. The number of rotatable bonds is 1. The predicted octanol–water partition coefficient (Wildman–Crippen LogP) is 1.72.